The van der Waals surface area contributed by atoms with Crippen molar-refractivity contribution in [1.29, 1.82) is 0 Å². The highest BCUT2D eigenvalue weighted by molar-refractivity contribution is 7.99. The predicted molar refractivity (Wildman–Crippen MR) is 172 cm³/mol. The second kappa shape index (κ2) is 14.3. The van der Waals surface area contributed by atoms with Crippen molar-refractivity contribution in [3.8, 4) is 22.6 Å². The van der Waals surface area contributed by atoms with Crippen molar-refractivity contribution in [1.82, 2.24) is 10.6 Å². The summed E-state index contributed by atoms with van der Waals surface area (Å²) in [5.74, 6) is 0.339. The third-order valence-electron chi connectivity index (χ3n) is 7.04. The lowest BCUT2D eigenvalue weighted by atomic mass is 9.93. The van der Waals surface area contributed by atoms with Gasteiger partial charge >= 0.3 is 0 Å². The van der Waals surface area contributed by atoms with Gasteiger partial charge in [0, 0.05) is 24.9 Å². The van der Waals surface area contributed by atoms with Crippen LogP contribution in [0.25, 0.3) is 11.1 Å². The number of carbonyl (C=O) groups excluding carboxylic acids is 1. The molecule has 0 aliphatic carbocycles. The van der Waals surface area contributed by atoms with E-state index in [0.29, 0.717) is 30.8 Å². The summed E-state index contributed by atoms with van der Waals surface area (Å²) in [6.07, 6.45) is 2.15. The van der Waals surface area contributed by atoms with E-state index in [4.69, 9.17) is 0 Å². The third kappa shape index (κ3) is 9.01. The summed E-state index contributed by atoms with van der Waals surface area (Å²) in [7, 11) is 0. The minimum Gasteiger partial charge on any atom is -0.508 e. The molecule has 1 atom stereocenters. The zero-order chi connectivity index (χ0) is 30.1. The summed E-state index contributed by atoms with van der Waals surface area (Å²) >= 11 is 1.38. The Hall–Kier alpha value is -3.98. The molecule has 42 heavy (non-hydrogen) atoms. The molecule has 0 spiro atoms. The number of β-amino-alcohol motifs (C(OH)–C–C–N with tert-alkyl or cyclic N) is 1. The molecule has 1 amide bonds. The molecule has 0 heterocycles. The van der Waals surface area contributed by atoms with Crippen molar-refractivity contribution >= 4 is 23.5 Å². The Morgan fingerprint density at radius 2 is 1.52 bits per heavy atom. The first-order valence-electron chi connectivity index (χ1n) is 13.9. The van der Waals surface area contributed by atoms with E-state index < -0.39 is 6.10 Å². The van der Waals surface area contributed by atoms with E-state index in [2.05, 4.69) is 41.3 Å². The number of benzene rings is 4. The molecular formula is C34H39N3O4S. The largest absolute Gasteiger partial charge is 0.508 e. The van der Waals surface area contributed by atoms with Gasteiger partial charge in [0.2, 0.25) is 5.91 Å². The van der Waals surface area contributed by atoms with Gasteiger partial charge in [-0.05, 0) is 77.9 Å². The lowest BCUT2D eigenvalue weighted by molar-refractivity contribution is -0.120. The van der Waals surface area contributed by atoms with E-state index in [9.17, 15) is 20.1 Å². The number of hydrogen-bond acceptors (Lipinski definition) is 7. The van der Waals surface area contributed by atoms with E-state index in [1.807, 2.05) is 54.8 Å². The quantitative estimate of drug-likeness (QED) is 0.0848. The number of phenolic OH excluding ortho intramolecular Hbond substituents is 2. The molecule has 7 nitrogen and oxygen atoms in total. The van der Waals surface area contributed by atoms with Crippen LogP contribution < -0.4 is 15.4 Å². The molecule has 220 valence electrons. The zero-order valence-electron chi connectivity index (χ0n) is 24.2. The van der Waals surface area contributed by atoms with Crippen molar-refractivity contribution in [2.45, 2.75) is 44.9 Å². The van der Waals surface area contributed by atoms with E-state index in [0.717, 1.165) is 34.2 Å². The molecule has 0 bridgehead atoms. The Balaban J connectivity index is 1.26. The maximum absolute atomic E-state index is 12.7. The first kappa shape index (κ1) is 31.0. The van der Waals surface area contributed by atoms with Crippen LogP contribution in [0, 0.1) is 0 Å². The summed E-state index contributed by atoms with van der Waals surface area (Å²) in [6, 6.07) is 28.2. The van der Waals surface area contributed by atoms with Crippen LogP contribution >= 0.6 is 11.9 Å². The summed E-state index contributed by atoms with van der Waals surface area (Å²) in [4.78, 5) is 12.7. The molecule has 4 rings (SSSR count). The topological polar surface area (TPSA) is 114 Å². The fraction of sp³-hybridized carbons (Fsp3) is 0.265. The van der Waals surface area contributed by atoms with Gasteiger partial charge in [0.25, 0.3) is 0 Å². The number of anilines is 1. The molecule has 0 saturated heterocycles. The van der Waals surface area contributed by atoms with Gasteiger partial charge in [0.1, 0.15) is 11.5 Å². The van der Waals surface area contributed by atoms with Crippen molar-refractivity contribution in [3.63, 3.8) is 0 Å². The minimum absolute atomic E-state index is 0.0421. The molecule has 4 aromatic carbocycles. The highest BCUT2D eigenvalue weighted by Gasteiger charge is 2.21. The summed E-state index contributed by atoms with van der Waals surface area (Å²) < 4.78 is 3.02. The normalized spacial score (nSPS) is 12.1. The van der Waals surface area contributed by atoms with Gasteiger partial charge in [-0.1, -0.05) is 78.7 Å². The summed E-state index contributed by atoms with van der Waals surface area (Å²) in [5.41, 5.74) is 6.12. The fourth-order valence-corrected chi connectivity index (χ4v) is 5.17. The van der Waals surface area contributed by atoms with Gasteiger partial charge in [0.15, 0.2) is 0 Å². The molecule has 0 unspecified atom stereocenters. The Bertz CT molecular complexity index is 1470. The number of rotatable bonds is 13. The molecule has 0 radical (unpaired) electrons. The molecule has 8 heteroatoms. The summed E-state index contributed by atoms with van der Waals surface area (Å²) in [5, 5.41) is 36.7. The van der Waals surface area contributed by atoms with Gasteiger partial charge in [-0.25, -0.2) is 0 Å². The van der Waals surface area contributed by atoms with Crippen LogP contribution in [-0.4, -0.2) is 39.6 Å². The van der Waals surface area contributed by atoms with Crippen molar-refractivity contribution < 1.29 is 20.1 Å². The molecular weight excluding hydrogens is 546 g/mol. The van der Waals surface area contributed by atoms with Gasteiger partial charge in [0.05, 0.1) is 18.2 Å². The number of nitrogens with one attached hydrogen (secondary N) is 3. The SMILES string of the molecule is CSNc1cc([C@@H](O)CNC(C)(C)Cc2cccc(CC(=O)NCc3ccc(-c4ccc(O)cc4)cc3)c2)ccc1O. The van der Waals surface area contributed by atoms with Crippen LogP contribution in [0.15, 0.2) is 91.0 Å². The number of amides is 1. The van der Waals surface area contributed by atoms with Crippen LogP contribution in [0.4, 0.5) is 5.69 Å². The van der Waals surface area contributed by atoms with Crippen LogP contribution in [0.3, 0.4) is 0 Å². The highest BCUT2D eigenvalue weighted by atomic mass is 32.2. The number of hydrogen-bond donors (Lipinski definition) is 6. The van der Waals surface area contributed by atoms with Crippen LogP contribution in [0.5, 0.6) is 11.5 Å². The fourth-order valence-electron chi connectivity index (χ4n) is 4.78. The molecule has 0 fully saturated rings. The third-order valence-corrected chi connectivity index (χ3v) is 7.46. The van der Waals surface area contributed by atoms with Crippen molar-refractivity contribution in [2.75, 3.05) is 17.5 Å². The van der Waals surface area contributed by atoms with E-state index in [-0.39, 0.29) is 22.9 Å². The van der Waals surface area contributed by atoms with Crippen molar-refractivity contribution in [2.24, 2.45) is 0 Å². The summed E-state index contributed by atoms with van der Waals surface area (Å²) in [6.45, 7) is 4.98. The Kier molecular flexibility index (Phi) is 10.5. The van der Waals surface area contributed by atoms with Crippen LogP contribution in [0.2, 0.25) is 0 Å². The molecule has 0 aliphatic heterocycles. The zero-order valence-corrected chi connectivity index (χ0v) is 25.0. The molecule has 4 aromatic rings. The Labute approximate surface area is 252 Å². The lowest BCUT2D eigenvalue weighted by Gasteiger charge is -2.28. The number of aromatic hydroxyl groups is 2. The molecule has 0 aromatic heterocycles. The Morgan fingerprint density at radius 1 is 0.857 bits per heavy atom. The van der Waals surface area contributed by atoms with Crippen LogP contribution in [0.1, 0.15) is 42.2 Å². The van der Waals surface area contributed by atoms with Crippen LogP contribution in [-0.2, 0) is 24.2 Å². The minimum atomic E-state index is -0.730. The monoisotopic (exact) mass is 585 g/mol. The van der Waals surface area contributed by atoms with Crippen molar-refractivity contribution in [3.05, 3.63) is 113 Å². The smallest absolute Gasteiger partial charge is 0.224 e. The van der Waals surface area contributed by atoms with E-state index in [1.165, 1.54) is 11.9 Å². The maximum Gasteiger partial charge on any atom is 0.224 e. The predicted octanol–water partition coefficient (Wildman–Crippen LogP) is 5.96. The second-order valence-electron chi connectivity index (χ2n) is 11.1. The second-order valence-corrected chi connectivity index (χ2v) is 11.7. The Morgan fingerprint density at radius 3 is 2.21 bits per heavy atom. The maximum atomic E-state index is 12.7. The van der Waals surface area contributed by atoms with Gasteiger partial charge in [-0.15, -0.1) is 0 Å². The number of carbonyl (C=O) groups is 1. The standard InChI is InChI=1S/C34H39N3O4S/c1-34(2,36-22-32(40)28-13-16-31(39)30(19-28)37-42-3)20-25-6-4-5-24(17-25)18-33(41)35-21-23-7-9-26(10-8-23)27-11-14-29(38)15-12-27/h4-17,19,32,36-40H,18,20-22H2,1-3H3,(H,35,41)/t32-/m0/s1. The lowest BCUT2D eigenvalue weighted by Crippen LogP contribution is -2.43. The first-order valence-corrected chi connectivity index (χ1v) is 15.1. The molecule has 0 saturated carbocycles. The van der Waals surface area contributed by atoms with Gasteiger partial charge in [-0.2, -0.15) is 0 Å². The molecule has 6 N–H and O–H groups in total. The number of phenols is 2. The number of aliphatic hydroxyl groups excluding tert-OH is 1. The van der Waals surface area contributed by atoms with E-state index >= 15 is 0 Å². The van der Waals surface area contributed by atoms with Gasteiger partial charge in [-0.3, -0.25) is 4.79 Å². The van der Waals surface area contributed by atoms with E-state index in [1.54, 1.807) is 30.3 Å². The van der Waals surface area contributed by atoms with Gasteiger partial charge < -0.3 is 30.7 Å². The highest BCUT2D eigenvalue weighted by Crippen LogP contribution is 2.29. The average Bonchev–Trinajstić information content (AvgIpc) is 2.97. The number of aliphatic hydroxyl groups is 1. The molecule has 0 aliphatic rings. The average molecular weight is 586 g/mol. The first-order chi connectivity index (χ1) is 20.1.